The SMILES string of the molecule is O=C(Oc1ccc(-c2cccc(Br)c2)nc1)C1CC(C(=O)Oc2ccc(-c3cccc(Br)c3)nc2)CC(C(=O)Oc2ccc(-c3cccc(Br)c3)nc2)C1. The van der Waals surface area contributed by atoms with Gasteiger partial charge in [0, 0.05) is 30.1 Å². The van der Waals surface area contributed by atoms with Crippen LogP contribution >= 0.6 is 47.8 Å². The lowest BCUT2D eigenvalue weighted by Gasteiger charge is -2.31. The number of aromatic nitrogens is 3. The summed E-state index contributed by atoms with van der Waals surface area (Å²) in [6.45, 7) is 0. The number of benzene rings is 3. The molecule has 3 heterocycles. The summed E-state index contributed by atoms with van der Waals surface area (Å²) >= 11 is 10.4. The maximum atomic E-state index is 13.6. The molecule has 0 saturated heterocycles. The second kappa shape index (κ2) is 17.0. The third-order valence-corrected chi connectivity index (χ3v) is 10.4. The summed E-state index contributed by atoms with van der Waals surface area (Å²) in [4.78, 5) is 54.3. The number of carbonyl (C=O) groups is 3. The monoisotopic (exact) mass is 909 g/mol. The van der Waals surface area contributed by atoms with Crippen molar-refractivity contribution in [1.29, 1.82) is 0 Å². The molecule has 0 radical (unpaired) electrons. The summed E-state index contributed by atoms with van der Waals surface area (Å²) in [6, 6.07) is 33.4. The second-order valence-electron chi connectivity index (χ2n) is 12.7. The lowest BCUT2D eigenvalue weighted by Crippen LogP contribution is -2.39. The Hall–Kier alpha value is -5.04. The lowest BCUT2D eigenvalue weighted by molar-refractivity contribution is -0.150. The van der Waals surface area contributed by atoms with Gasteiger partial charge in [-0.1, -0.05) is 84.2 Å². The molecular formula is C42H30Br3N3O6. The van der Waals surface area contributed by atoms with E-state index in [0.29, 0.717) is 17.1 Å². The fraction of sp³-hybridized carbons (Fsp3) is 0.143. The number of pyridine rings is 3. The first-order valence-corrected chi connectivity index (χ1v) is 19.4. The summed E-state index contributed by atoms with van der Waals surface area (Å²) in [7, 11) is 0. The Morgan fingerprint density at radius 1 is 0.444 bits per heavy atom. The van der Waals surface area contributed by atoms with Gasteiger partial charge in [0.15, 0.2) is 0 Å². The Bertz CT molecular complexity index is 2040. The Morgan fingerprint density at radius 2 is 0.741 bits per heavy atom. The first-order valence-electron chi connectivity index (χ1n) is 17.0. The first kappa shape index (κ1) is 37.3. The smallest absolute Gasteiger partial charge is 0.314 e. The molecule has 0 amide bonds. The standard InChI is InChI=1S/C42H30Br3N3O6/c43-31-7-1-4-25(19-31)37-13-10-34(22-46-37)52-40(49)28-16-29(41(50)53-35-11-14-38(47-23-35)26-5-2-8-32(44)20-26)18-30(17-28)42(51)54-36-12-15-39(48-24-36)27-6-3-9-33(45)21-27/h1-15,19-24,28-30H,16-18H2. The maximum absolute atomic E-state index is 13.6. The molecule has 12 heteroatoms. The van der Waals surface area contributed by atoms with Gasteiger partial charge in [-0.15, -0.1) is 0 Å². The maximum Gasteiger partial charge on any atom is 0.314 e. The molecule has 0 aliphatic heterocycles. The average Bonchev–Trinajstić information content (AvgIpc) is 3.18. The van der Waals surface area contributed by atoms with Gasteiger partial charge >= 0.3 is 17.9 Å². The molecule has 1 fully saturated rings. The number of hydrogen-bond acceptors (Lipinski definition) is 9. The number of esters is 3. The van der Waals surface area contributed by atoms with E-state index in [4.69, 9.17) is 14.2 Å². The molecule has 1 aliphatic rings. The molecule has 9 nitrogen and oxygen atoms in total. The van der Waals surface area contributed by atoms with E-state index < -0.39 is 35.7 Å². The highest BCUT2D eigenvalue weighted by molar-refractivity contribution is 9.11. The first-order chi connectivity index (χ1) is 26.2. The minimum absolute atomic E-state index is 0.122. The number of carbonyl (C=O) groups excluding carboxylic acids is 3. The summed E-state index contributed by atoms with van der Waals surface area (Å²) in [6.07, 6.45) is 4.80. The van der Waals surface area contributed by atoms with E-state index in [0.717, 1.165) is 30.1 Å². The van der Waals surface area contributed by atoms with Crippen molar-refractivity contribution in [2.75, 3.05) is 0 Å². The fourth-order valence-electron chi connectivity index (χ4n) is 6.27. The quantitative estimate of drug-likeness (QED) is 0.131. The molecular weight excluding hydrogens is 882 g/mol. The van der Waals surface area contributed by atoms with Crippen LogP contribution in [0.3, 0.4) is 0 Å². The van der Waals surface area contributed by atoms with Crippen LogP contribution in [0.15, 0.2) is 141 Å². The molecule has 0 unspecified atom stereocenters. The van der Waals surface area contributed by atoms with Gasteiger partial charge in [0.1, 0.15) is 17.2 Å². The molecule has 0 N–H and O–H groups in total. The Morgan fingerprint density at radius 3 is 0.981 bits per heavy atom. The van der Waals surface area contributed by atoms with Crippen molar-refractivity contribution in [2.45, 2.75) is 19.3 Å². The van der Waals surface area contributed by atoms with Gasteiger partial charge in [-0.05, 0) is 92.1 Å². The molecule has 0 atom stereocenters. The van der Waals surface area contributed by atoms with E-state index in [1.807, 2.05) is 72.8 Å². The second-order valence-corrected chi connectivity index (χ2v) is 15.5. The number of hydrogen-bond donors (Lipinski definition) is 0. The Kier molecular flexibility index (Phi) is 11.7. The molecule has 0 bridgehead atoms. The summed E-state index contributed by atoms with van der Waals surface area (Å²) in [5.74, 6) is -3.40. The summed E-state index contributed by atoms with van der Waals surface area (Å²) in [5.41, 5.74) is 4.81. The van der Waals surface area contributed by atoms with Crippen LogP contribution in [-0.2, 0) is 14.4 Å². The van der Waals surface area contributed by atoms with E-state index >= 15 is 0 Å². The van der Waals surface area contributed by atoms with Gasteiger partial charge in [0.25, 0.3) is 0 Å². The van der Waals surface area contributed by atoms with Crippen LogP contribution in [-0.4, -0.2) is 32.9 Å². The molecule has 3 aromatic carbocycles. The molecule has 270 valence electrons. The number of rotatable bonds is 9. The van der Waals surface area contributed by atoms with E-state index in [-0.39, 0.29) is 36.5 Å². The van der Waals surface area contributed by atoms with Gasteiger partial charge in [-0.25, -0.2) is 0 Å². The molecule has 6 aromatic rings. The molecule has 54 heavy (non-hydrogen) atoms. The minimum atomic E-state index is -0.798. The Balaban J connectivity index is 1.06. The van der Waals surface area contributed by atoms with Crippen molar-refractivity contribution in [3.8, 4) is 51.0 Å². The van der Waals surface area contributed by atoms with E-state index in [2.05, 4.69) is 62.7 Å². The zero-order valence-electron chi connectivity index (χ0n) is 28.4. The van der Waals surface area contributed by atoms with Crippen molar-refractivity contribution in [3.05, 3.63) is 141 Å². The topological polar surface area (TPSA) is 118 Å². The van der Waals surface area contributed by atoms with Crippen LogP contribution < -0.4 is 14.2 Å². The van der Waals surface area contributed by atoms with Gasteiger partial charge in [0.2, 0.25) is 0 Å². The van der Waals surface area contributed by atoms with Crippen LogP contribution in [0.25, 0.3) is 33.8 Å². The van der Waals surface area contributed by atoms with Crippen LogP contribution in [0.1, 0.15) is 19.3 Å². The zero-order valence-corrected chi connectivity index (χ0v) is 33.2. The molecule has 1 aliphatic carbocycles. The predicted molar refractivity (Wildman–Crippen MR) is 213 cm³/mol. The van der Waals surface area contributed by atoms with Crippen molar-refractivity contribution in [3.63, 3.8) is 0 Å². The van der Waals surface area contributed by atoms with Gasteiger partial charge in [-0.2, -0.15) is 0 Å². The van der Waals surface area contributed by atoms with E-state index in [1.54, 1.807) is 36.4 Å². The van der Waals surface area contributed by atoms with E-state index in [9.17, 15) is 14.4 Å². The van der Waals surface area contributed by atoms with E-state index in [1.165, 1.54) is 18.6 Å². The molecule has 1 saturated carbocycles. The van der Waals surface area contributed by atoms with Crippen LogP contribution in [0, 0.1) is 17.8 Å². The van der Waals surface area contributed by atoms with Crippen LogP contribution in [0.4, 0.5) is 0 Å². The summed E-state index contributed by atoms with van der Waals surface area (Å²) < 4.78 is 20.0. The highest BCUT2D eigenvalue weighted by Gasteiger charge is 2.41. The third-order valence-electron chi connectivity index (χ3n) is 8.93. The normalized spacial score (nSPS) is 16.6. The zero-order chi connectivity index (χ0) is 37.6. The van der Waals surface area contributed by atoms with Crippen molar-refractivity contribution in [1.82, 2.24) is 15.0 Å². The van der Waals surface area contributed by atoms with Gasteiger partial charge in [0.05, 0.1) is 53.4 Å². The number of halogens is 3. The highest BCUT2D eigenvalue weighted by atomic mass is 79.9. The van der Waals surface area contributed by atoms with Crippen molar-refractivity contribution in [2.24, 2.45) is 17.8 Å². The van der Waals surface area contributed by atoms with Crippen molar-refractivity contribution < 1.29 is 28.6 Å². The Labute approximate surface area is 336 Å². The fourth-order valence-corrected chi connectivity index (χ4v) is 7.47. The van der Waals surface area contributed by atoms with Crippen LogP contribution in [0.2, 0.25) is 0 Å². The van der Waals surface area contributed by atoms with Crippen molar-refractivity contribution >= 4 is 65.7 Å². The van der Waals surface area contributed by atoms with Crippen LogP contribution in [0.5, 0.6) is 17.2 Å². The average molecular weight is 912 g/mol. The lowest BCUT2D eigenvalue weighted by atomic mass is 9.75. The molecule has 7 rings (SSSR count). The summed E-state index contributed by atoms with van der Waals surface area (Å²) in [5, 5.41) is 0. The number of ether oxygens (including phenoxy) is 3. The van der Waals surface area contributed by atoms with Gasteiger partial charge in [-0.3, -0.25) is 29.3 Å². The minimum Gasteiger partial charge on any atom is -0.425 e. The highest BCUT2D eigenvalue weighted by Crippen LogP contribution is 2.37. The van der Waals surface area contributed by atoms with Gasteiger partial charge < -0.3 is 14.2 Å². The number of nitrogens with zero attached hydrogens (tertiary/aromatic N) is 3. The predicted octanol–water partition coefficient (Wildman–Crippen LogP) is 10.3. The largest absolute Gasteiger partial charge is 0.425 e. The molecule has 3 aromatic heterocycles. The molecule has 0 spiro atoms. The third kappa shape index (κ3) is 9.36.